The third-order valence-electron chi connectivity index (χ3n) is 2.67. The summed E-state index contributed by atoms with van der Waals surface area (Å²) in [6.45, 7) is 2.09. The van der Waals surface area contributed by atoms with E-state index in [0.29, 0.717) is 12.2 Å². The van der Waals surface area contributed by atoms with Crippen LogP contribution >= 0.6 is 15.9 Å². The van der Waals surface area contributed by atoms with Crippen LogP contribution in [-0.4, -0.2) is 29.6 Å². The molecule has 1 amide bonds. The van der Waals surface area contributed by atoms with Gasteiger partial charge in [-0.05, 0) is 24.6 Å². The SMILES string of the molecule is CCC(CC(=O)O)NC(=O)CCOc1cccc(Br)c1. The van der Waals surface area contributed by atoms with Gasteiger partial charge < -0.3 is 15.2 Å². The van der Waals surface area contributed by atoms with E-state index in [9.17, 15) is 9.59 Å². The molecule has 1 rings (SSSR count). The Balaban J connectivity index is 2.30. The topological polar surface area (TPSA) is 75.6 Å². The van der Waals surface area contributed by atoms with Crippen LogP contribution in [-0.2, 0) is 9.59 Å². The van der Waals surface area contributed by atoms with Crippen molar-refractivity contribution < 1.29 is 19.4 Å². The Morgan fingerprint density at radius 2 is 2.20 bits per heavy atom. The van der Waals surface area contributed by atoms with E-state index < -0.39 is 5.97 Å². The van der Waals surface area contributed by atoms with Crippen molar-refractivity contribution in [2.24, 2.45) is 0 Å². The van der Waals surface area contributed by atoms with Gasteiger partial charge in [0.1, 0.15) is 5.75 Å². The molecule has 110 valence electrons. The van der Waals surface area contributed by atoms with Gasteiger partial charge in [0.15, 0.2) is 0 Å². The maximum Gasteiger partial charge on any atom is 0.305 e. The van der Waals surface area contributed by atoms with Gasteiger partial charge >= 0.3 is 5.97 Å². The standard InChI is InChI=1S/C14H18BrNO4/c1-2-11(9-14(18)19)16-13(17)6-7-20-12-5-3-4-10(15)8-12/h3-5,8,11H,2,6-7,9H2,1H3,(H,16,17)(H,18,19). The molecule has 5 nitrogen and oxygen atoms in total. The quantitative estimate of drug-likeness (QED) is 0.760. The lowest BCUT2D eigenvalue weighted by atomic mass is 10.1. The third-order valence-corrected chi connectivity index (χ3v) is 3.17. The molecular weight excluding hydrogens is 326 g/mol. The minimum Gasteiger partial charge on any atom is -0.493 e. The Kier molecular flexibility index (Phi) is 7.08. The molecule has 0 saturated carbocycles. The molecule has 0 aliphatic carbocycles. The molecule has 0 bridgehead atoms. The van der Waals surface area contributed by atoms with Crippen molar-refractivity contribution in [3.63, 3.8) is 0 Å². The number of amides is 1. The molecule has 2 N–H and O–H groups in total. The third kappa shape index (κ3) is 6.56. The molecular formula is C14H18BrNO4. The van der Waals surface area contributed by atoms with Crippen LogP contribution in [0.2, 0.25) is 0 Å². The van der Waals surface area contributed by atoms with Crippen molar-refractivity contribution in [2.45, 2.75) is 32.2 Å². The summed E-state index contributed by atoms with van der Waals surface area (Å²) in [5.41, 5.74) is 0. The molecule has 0 saturated heterocycles. The minimum absolute atomic E-state index is 0.0608. The smallest absolute Gasteiger partial charge is 0.305 e. The van der Waals surface area contributed by atoms with E-state index in [4.69, 9.17) is 9.84 Å². The van der Waals surface area contributed by atoms with Crippen LogP contribution in [0, 0.1) is 0 Å². The summed E-state index contributed by atoms with van der Waals surface area (Å²) in [4.78, 5) is 22.3. The van der Waals surface area contributed by atoms with Crippen LogP contribution in [0.3, 0.4) is 0 Å². The van der Waals surface area contributed by atoms with Gasteiger partial charge in [0, 0.05) is 10.5 Å². The largest absolute Gasteiger partial charge is 0.493 e. The number of aliphatic carboxylic acids is 1. The first kappa shape index (κ1) is 16.5. The minimum atomic E-state index is -0.914. The fraction of sp³-hybridized carbons (Fsp3) is 0.429. The number of carboxylic acids is 1. The molecule has 0 aromatic heterocycles. The maximum atomic E-state index is 11.7. The van der Waals surface area contributed by atoms with E-state index in [1.54, 1.807) is 0 Å². The lowest BCUT2D eigenvalue weighted by Crippen LogP contribution is -2.36. The summed E-state index contributed by atoms with van der Waals surface area (Å²) >= 11 is 3.33. The van der Waals surface area contributed by atoms with E-state index >= 15 is 0 Å². The summed E-state index contributed by atoms with van der Waals surface area (Å²) < 4.78 is 6.36. The van der Waals surface area contributed by atoms with Gasteiger partial charge in [-0.25, -0.2) is 0 Å². The van der Waals surface area contributed by atoms with Gasteiger partial charge in [-0.3, -0.25) is 9.59 Å². The molecule has 0 radical (unpaired) electrons. The summed E-state index contributed by atoms with van der Waals surface area (Å²) in [5.74, 6) is -0.430. The zero-order chi connectivity index (χ0) is 15.0. The predicted octanol–water partition coefficient (Wildman–Crippen LogP) is 2.59. The first-order valence-corrected chi connectivity index (χ1v) is 7.20. The molecule has 0 aliphatic rings. The zero-order valence-corrected chi connectivity index (χ0v) is 12.9. The number of rotatable bonds is 8. The Bertz CT molecular complexity index is 464. The summed E-state index contributed by atoms with van der Waals surface area (Å²) in [6, 6.07) is 7.03. The highest BCUT2D eigenvalue weighted by molar-refractivity contribution is 9.10. The van der Waals surface area contributed by atoms with Crippen LogP contribution < -0.4 is 10.1 Å². The number of carbonyl (C=O) groups excluding carboxylic acids is 1. The lowest BCUT2D eigenvalue weighted by Gasteiger charge is -2.14. The number of hydrogen-bond donors (Lipinski definition) is 2. The second-order valence-corrected chi connectivity index (χ2v) is 5.24. The molecule has 1 atom stereocenters. The molecule has 0 spiro atoms. The average Bonchev–Trinajstić information content (AvgIpc) is 2.37. The molecule has 1 aromatic rings. The van der Waals surface area contributed by atoms with E-state index in [2.05, 4.69) is 21.2 Å². The highest BCUT2D eigenvalue weighted by Gasteiger charge is 2.13. The second-order valence-electron chi connectivity index (χ2n) is 4.33. The summed E-state index contributed by atoms with van der Waals surface area (Å²) in [7, 11) is 0. The normalized spacial score (nSPS) is 11.7. The van der Waals surface area contributed by atoms with E-state index in [0.717, 1.165) is 4.47 Å². The molecule has 6 heteroatoms. The molecule has 0 fully saturated rings. The molecule has 0 aliphatic heterocycles. The van der Waals surface area contributed by atoms with Gasteiger partial charge in [-0.15, -0.1) is 0 Å². The Labute approximate surface area is 126 Å². The number of ether oxygens (including phenoxy) is 1. The Hall–Kier alpha value is -1.56. The molecule has 1 aromatic carbocycles. The van der Waals surface area contributed by atoms with E-state index in [-0.39, 0.29) is 31.4 Å². The first-order valence-electron chi connectivity index (χ1n) is 6.40. The van der Waals surface area contributed by atoms with Crippen molar-refractivity contribution in [1.29, 1.82) is 0 Å². The van der Waals surface area contributed by atoms with Gasteiger partial charge in [0.05, 0.1) is 19.4 Å². The maximum absolute atomic E-state index is 11.7. The second kappa shape index (κ2) is 8.58. The molecule has 1 unspecified atom stereocenters. The van der Waals surface area contributed by atoms with Crippen molar-refractivity contribution in [2.75, 3.05) is 6.61 Å². The van der Waals surface area contributed by atoms with Crippen molar-refractivity contribution in [3.05, 3.63) is 28.7 Å². The molecule has 0 heterocycles. The van der Waals surface area contributed by atoms with E-state index in [1.807, 2.05) is 31.2 Å². The predicted molar refractivity (Wildman–Crippen MR) is 78.7 cm³/mol. The van der Waals surface area contributed by atoms with Crippen LogP contribution in [0.25, 0.3) is 0 Å². The highest BCUT2D eigenvalue weighted by atomic mass is 79.9. The van der Waals surface area contributed by atoms with Crippen LogP contribution in [0.4, 0.5) is 0 Å². The Morgan fingerprint density at radius 1 is 1.45 bits per heavy atom. The number of carbonyl (C=O) groups is 2. The monoisotopic (exact) mass is 343 g/mol. The summed E-state index contributed by atoms with van der Waals surface area (Å²) in [6.07, 6.45) is 0.724. The van der Waals surface area contributed by atoms with Crippen LogP contribution in [0.5, 0.6) is 5.75 Å². The first-order chi connectivity index (χ1) is 9.51. The number of nitrogens with one attached hydrogen (secondary N) is 1. The van der Waals surface area contributed by atoms with Crippen LogP contribution in [0.15, 0.2) is 28.7 Å². The fourth-order valence-electron chi connectivity index (χ4n) is 1.63. The van der Waals surface area contributed by atoms with Crippen molar-refractivity contribution >= 4 is 27.8 Å². The van der Waals surface area contributed by atoms with Crippen molar-refractivity contribution in [1.82, 2.24) is 5.32 Å². The van der Waals surface area contributed by atoms with Gasteiger partial charge in [-0.2, -0.15) is 0 Å². The summed E-state index contributed by atoms with van der Waals surface area (Å²) in [5, 5.41) is 11.4. The van der Waals surface area contributed by atoms with E-state index in [1.165, 1.54) is 0 Å². The van der Waals surface area contributed by atoms with Crippen molar-refractivity contribution in [3.8, 4) is 5.75 Å². The lowest BCUT2D eigenvalue weighted by molar-refractivity contribution is -0.137. The van der Waals surface area contributed by atoms with Crippen LogP contribution in [0.1, 0.15) is 26.2 Å². The number of halogens is 1. The van der Waals surface area contributed by atoms with Gasteiger partial charge in [0.25, 0.3) is 0 Å². The number of carboxylic acid groups (broad SMARTS) is 1. The number of benzene rings is 1. The Morgan fingerprint density at radius 3 is 2.80 bits per heavy atom. The van der Waals surface area contributed by atoms with Gasteiger partial charge in [0.2, 0.25) is 5.91 Å². The molecule has 20 heavy (non-hydrogen) atoms. The average molecular weight is 344 g/mol. The zero-order valence-electron chi connectivity index (χ0n) is 11.3. The number of hydrogen-bond acceptors (Lipinski definition) is 3. The highest BCUT2D eigenvalue weighted by Crippen LogP contribution is 2.17. The van der Waals surface area contributed by atoms with Gasteiger partial charge in [-0.1, -0.05) is 28.9 Å². The fourth-order valence-corrected chi connectivity index (χ4v) is 2.00.